The Morgan fingerprint density at radius 1 is 1.56 bits per heavy atom. The molecule has 100 valence electrons. The van der Waals surface area contributed by atoms with Crippen molar-refractivity contribution >= 4 is 28.5 Å². The van der Waals surface area contributed by atoms with Crippen LogP contribution in [0.4, 0.5) is 9.93 Å². The maximum absolute atomic E-state index is 11.4. The topological polar surface area (TPSA) is 112 Å². The molecule has 2 amide bonds. The van der Waals surface area contributed by atoms with E-state index in [2.05, 4.69) is 15.6 Å². The van der Waals surface area contributed by atoms with Gasteiger partial charge in [0.2, 0.25) is 0 Å². The third kappa shape index (κ3) is 5.11. The monoisotopic (exact) mass is 273 g/mol. The van der Waals surface area contributed by atoms with Crippen LogP contribution in [0.3, 0.4) is 0 Å². The SMILES string of the molecule is Cc1cnc(NC(=O)NCC(C)(O)CC(=O)O)s1. The number of carboxylic acids is 1. The summed E-state index contributed by atoms with van der Waals surface area (Å²) in [6.07, 6.45) is 1.19. The van der Waals surface area contributed by atoms with Gasteiger partial charge in [0.05, 0.1) is 12.0 Å². The number of aliphatic carboxylic acids is 1. The zero-order valence-corrected chi connectivity index (χ0v) is 10.9. The summed E-state index contributed by atoms with van der Waals surface area (Å²) in [6.45, 7) is 3.04. The number of aliphatic hydroxyl groups is 1. The van der Waals surface area contributed by atoms with Crippen molar-refractivity contribution in [2.45, 2.75) is 25.9 Å². The maximum Gasteiger partial charge on any atom is 0.321 e. The molecule has 0 aliphatic heterocycles. The first-order valence-corrected chi connectivity index (χ1v) is 6.01. The summed E-state index contributed by atoms with van der Waals surface area (Å²) in [5.41, 5.74) is -1.48. The molecule has 0 spiro atoms. The Hall–Kier alpha value is -1.67. The molecule has 0 fully saturated rings. The number of carbonyl (C=O) groups is 2. The van der Waals surface area contributed by atoms with Gasteiger partial charge in [0, 0.05) is 17.6 Å². The van der Waals surface area contributed by atoms with E-state index in [4.69, 9.17) is 5.11 Å². The third-order valence-electron chi connectivity index (χ3n) is 2.00. The molecular formula is C10H15N3O4S. The van der Waals surface area contributed by atoms with Crippen LogP contribution in [0.15, 0.2) is 6.20 Å². The second-order valence-corrected chi connectivity index (χ2v) is 5.39. The number of nitrogens with one attached hydrogen (secondary N) is 2. The first kappa shape index (κ1) is 14.4. The Bertz CT molecular complexity index is 444. The maximum atomic E-state index is 11.4. The molecule has 0 aromatic carbocycles. The van der Waals surface area contributed by atoms with Crippen molar-refractivity contribution in [2.24, 2.45) is 0 Å². The average Bonchev–Trinajstić information content (AvgIpc) is 2.59. The second-order valence-electron chi connectivity index (χ2n) is 4.15. The van der Waals surface area contributed by atoms with Crippen LogP contribution in [0, 0.1) is 6.92 Å². The number of anilines is 1. The molecule has 8 heteroatoms. The smallest absolute Gasteiger partial charge is 0.321 e. The summed E-state index contributed by atoms with van der Waals surface area (Å²) >= 11 is 1.32. The predicted octanol–water partition coefficient (Wildman–Crippen LogP) is 0.799. The largest absolute Gasteiger partial charge is 0.481 e. The number of amides is 2. The standard InChI is InChI=1S/C10H15N3O4S/c1-6-4-11-9(18-6)13-8(16)12-5-10(2,17)3-7(14)15/h4,17H,3,5H2,1-2H3,(H,14,15)(H2,11,12,13,16). The molecule has 0 saturated heterocycles. The van der Waals surface area contributed by atoms with Crippen LogP contribution in [0.5, 0.6) is 0 Å². The van der Waals surface area contributed by atoms with Crippen molar-refractivity contribution in [3.63, 3.8) is 0 Å². The Morgan fingerprint density at radius 3 is 2.72 bits per heavy atom. The predicted molar refractivity (Wildman–Crippen MR) is 66.7 cm³/mol. The van der Waals surface area contributed by atoms with Gasteiger partial charge in [-0.3, -0.25) is 10.1 Å². The van der Waals surface area contributed by atoms with E-state index in [0.717, 1.165) is 4.88 Å². The van der Waals surface area contributed by atoms with Gasteiger partial charge >= 0.3 is 12.0 Å². The van der Waals surface area contributed by atoms with E-state index in [0.29, 0.717) is 5.13 Å². The summed E-state index contributed by atoms with van der Waals surface area (Å²) < 4.78 is 0. The Kier molecular flexibility index (Phi) is 4.62. The summed E-state index contributed by atoms with van der Waals surface area (Å²) in [4.78, 5) is 26.8. The lowest BCUT2D eigenvalue weighted by atomic mass is 10.0. The average molecular weight is 273 g/mol. The van der Waals surface area contributed by atoms with E-state index in [9.17, 15) is 14.7 Å². The van der Waals surface area contributed by atoms with Gasteiger partial charge in [-0.1, -0.05) is 0 Å². The number of carbonyl (C=O) groups excluding carboxylic acids is 1. The Morgan fingerprint density at radius 2 is 2.22 bits per heavy atom. The number of nitrogens with zero attached hydrogens (tertiary/aromatic N) is 1. The summed E-state index contributed by atoms with van der Waals surface area (Å²) in [7, 11) is 0. The molecule has 1 heterocycles. The lowest BCUT2D eigenvalue weighted by Crippen LogP contribution is -2.43. The van der Waals surface area contributed by atoms with Crippen molar-refractivity contribution in [3.8, 4) is 0 Å². The number of urea groups is 1. The van der Waals surface area contributed by atoms with Gasteiger partial charge in [-0.25, -0.2) is 9.78 Å². The highest BCUT2D eigenvalue weighted by Crippen LogP contribution is 2.16. The van der Waals surface area contributed by atoms with Gasteiger partial charge in [0.25, 0.3) is 0 Å². The molecule has 1 aromatic rings. The van der Waals surface area contributed by atoms with Crippen LogP contribution in [-0.2, 0) is 4.79 Å². The second kappa shape index (κ2) is 5.78. The molecule has 0 aliphatic rings. The highest BCUT2D eigenvalue weighted by molar-refractivity contribution is 7.15. The van der Waals surface area contributed by atoms with Gasteiger partial charge in [0.1, 0.15) is 0 Å². The van der Waals surface area contributed by atoms with Crippen molar-refractivity contribution in [1.82, 2.24) is 10.3 Å². The molecule has 0 radical (unpaired) electrons. The van der Waals surface area contributed by atoms with Crippen LogP contribution >= 0.6 is 11.3 Å². The van der Waals surface area contributed by atoms with Crippen molar-refractivity contribution in [2.75, 3.05) is 11.9 Å². The highest BCUT2D eigenvalue weighted by Gasteiger charge is 2.24. The van der Waals surface area contributed by atoms with Gasteiger partial charge in [-0.15, -0.1) is 11.3 Å². The van der Waals surface area contributed by atoms with Gasteiger partial charge in [0.15, 0.2) is 5.13 Å². The fourth-order valence-corrected chi connectivity index (χ4v) is 1.87. The number of hydrogen-bond donors (Lipinski definition) is 4. The summed E-state index contributed by atoms with van der Waals surface area (Å²) in [5.74, 6) is -1.13. The highest BCUT2D eigenvalue weighted by atomic mass is 32.1. The van der Waals surface area contributed by atoms with Crippen molar-refractivity contribution in [1.29, 1.82) is 0 Å². The Balaban J connectivity index is 2.39. The molecule has 1 rings (SSSR count). The molecular weight excluding hydrogens is 258 g/mol. The number of rotatable bonds is 5. The molecule has 7 nitrogen and oxygen atoms in total. The van der Waals surface area contributed by atoms with Gasteiger partial charge < -0.3 is 15.5 Å². The van der Waals surface area contributed by atoms with Crippen molar-refractivity contribution < 1.29 is 19.8 Å². The zero-order chi connectivity index (χ0) is 13.8. The molecule has 1 atom stereocenters. The fraction of sp³-hybridized carbons (Fsp3) is 0.500. The zero-order valence-electron chi connectivity index (χ0n) is 10.1. The minimum absolute atomic E-state index is 0.157. The molecule has 1 aromatic heterocycles. The molecule has 4 N–H and O–H groups in total. The minimum atomic E-state index is -1.48. The van der Waals surface area contributed by atoms with E-state index in [1.54, 1.807) is 6.20 Å². The quantitative estimate of drug-likeness (QED) is 0.634. The first-order valence-electron chi connectivity index (χ1n) is 5.20. The van der Waals surface area contributed by atoms with Gasteiger partial charge in [-0.2, -0.15) is 0 Å². The van der Waals surface area contributed by atoms with E-state index < -0.39 is 24.0 Å². The van der Waals surface area contributed by atoms with Gasteiger partial charge in [-0.05, 0) is 13.8 Å². The molecule has 1 unspecified atom stereocenters. The Labute approximate surface area is 108 Å². The summed E-state index contributed by atoms with van der Waals surface area (Å²) in [6, 6.07) is -0.532. The van der Waals surface area contributed by atoms with E-state index in [-0.39, 0.29) is 6.54 Å². The normalized spacial score (nSPS) is 13.7. The molecule has 0 aliphatic carbocycles. The first-order chi connectivity index (χ1) is 8.28. The van der Waals surface area contributed by atoms with Crippen LogP contribution in [0.1, 0.15) is 18.2 Å². The lowest BCUT2D eigenvalue weighted by Gasteiger charge is -2.21. The number of aromatic nitrogens is 1. The third-order valence-corrected chi connectivity index (χ3v) is 2.83. The number of aryl methyl sites for hydroxylation is 1. The summed E-state index contributed by atoms with van der Waals surface area (Å²) in [5, 5.41) is 23.5. The van der Waals surface area contributed by atoms with Crippen LogP contribution in [-0.4, -0.2) is 39.3 Å². The number of hydrogen-bond acceptors (Lipinski definition) is 5. The van der Waals surface area contributed by atoms with E-state index in [1.807, 2.05) is 6.92 Å². The van der Waals surface area contributed by atoms with Crippen LogP contribution in [0.2, 0.25) is 0 Å². The molecule has 0 saturated carbocycles. The minimum Gasteiger partial charge on any atom is -0.481 e. The van der Waals surface area contributed by atoms with Crippen LogP contribution in [0.25, 0.3) is 0 Å². The number of thiazole rings is 1. The van der Waals surface area contributed by atoms with E-state index >= 15 is 0 Å². The van der Waals surface area contributed by atoms with Crippen molar-refractivity contribution in [3.05, 3.63) is 11.1 Å². The van der Waals surface area contributed by atoms with Crippen LogP contribution < -0.4 is 10.6 Å². The fourth-order valence-electron chi connectivity index (χ4n) is 1.21. The lowest BCUT2D eigenvalue weighted by molar-refractivity contribution is -0.141. The van der Waals surface area contributed by atoms with E-state index in [1.165, 1.54) is 18.3 Å². The molecule has 0 bridgehead atoms. The number of carboxylic acid groups (broad SMARTS) is 1. The molecule has 18 heavy (non-hydrogen) atoms.